The standard InChI is InChI=1S/C20H20FN3OS2/c1-26-16-5-3-15(4-6-16)22-19(25)13-8-10-24(11-9-13)20-23-17-7-2-14(21)12-18(17)27-20/h2-7,12-13H,8-11H2,1H3,(H,22,25). The van der Waals surface area contributed by atoms with Crippen LogP contribution in [-0.4, -0.2) is 30.2 Å². The lowest BCUT2D eigenvalue weighted by Crippen LogP contribution is -2.38. The Morgan fingerprint density at radius 3 is 2.67 bits per heavy atom. The van der Waals surface area contributed by atoms with Crippen LogP contribution < -0.4 is 10.2 Å². The van der Waals surface area contributed by atoms with Crippen LogP contribution in [0.25, 0.3) is 10.2 Å². The summed E-state index contributed by atoms with van der Waals surface area (Å²) < 4.78 is 14.2. The summed E-state index contributed by atoms with van der Waals surface area (Å²) in [5, 5.41) is 3.93. The fourth-order valence-corrected chi connectivity index (χ4v) is 4.72. The molecule has 4 rings (SSSR count). The molecule has 27 heavy (non-hydrogen) atoms. The van der Waals surface area contributed by atoms with E-state index in [1.165, 1.54) is 28.4 Å². The van der Waals surface area contributed by atoms with Crippen LogP contribution in [0, 0.1) is 11.7 Å². The molecule has 140 valence electrons. The van der Waals surface area contributed by atoms with Gasteiger partial charge in [-0.1, -0.05) is 11.3 Å². The number of nitrogens with one attached hydrogen (secondary N) is 1. The number of nitrogens with zero attached hydrogens (tertiary/aromatic N) is 2. The SMILES string of the molecule is CSc1ccc(NC(=O)C2CCN(c3nc4ccc(F)cc4s3)CC2)cc1. The highest BCUT2D eigenvalue weighted by atomic mass is 32.2. The molecule has 4 nitrogen and oxygen atoms in total. The summed E-state index contributed by atoms with van der Waals surface area (Å²) in [6.45, 7) is 1.57. The Bertz CT molecular complexity index is 950. The van der Waals surface area contributed by atoms with Gasteiger partial charge in [-0.2, -0.15) is 0 Å². The van der Waals surface area contributed by atoms with Crippen molar-refractivity contribution in [2.75, 3.05) is 29.6 Å². The van der Waals surface area contributed by atoms with Gasteiger partial charge in [0.05, 0.1) is 10.2 Å². The molecule has 2 aromatic carbocycles. The number of carbonyl (C=O) groups is 1. The van der Waals surface area contributed by atoms with Crippen molar-refractivity contribution in [2.45, 2.75) is 17.7 Å². The molecule has 2 heterocycles. The van der Waals surface area contributed by atoms with Gasteiger partial charge in [-0.15, -0.1) is 11.8 Å². The second kappa shape index (κ2) is 7.86. The van der Waals surface area contributed by atoms with E-state index in [1.54, 1.807) is 17.8 Å². The van der Waals surface area contributed by atoms with Crippen LogP contribution in [0.15, 0.2) is 47.4 Å². The topological polar surface area (TPSA) is 45.2 Å². The molecule has 7 heteroatoms. The van der Waals surface area contributed by atoms with Gasteiger partial charge in [-0.05, 0) is 61.6 Å². The van der Waals surface area contributed by atoms with E-state index in [0.717, 1.165) is 47.0 Å². The second-order valence-electron chi connectivity index (χ2n) is 6.59. The maximum atomic E-state index is 13.4. The molecule has 0 saturated carbocycles. The lowest BCUT2D eigenvalue weighted by molar-refractivity contribution is -0.120. The zero-order valence-corrected chi connectivity index (χ0v) is 16.6. The average molecular weight is 402 g/mol. The van der Waals surface area contributed by atoms with E-state index in [9.17, 15) is 9.18 Å². The molecule has 1 aliphatic heterocycles. The van der Waals surface area contributed by atoms with Crippen molar-refractivity contribution in [2.24, 2.45) is 5.92 Å². The lowest BCUT2D eigenvalue weighted by atomic mass is 9.96. The minimum atomic E-state index is -0.237. The summed E-state index contributed by atoms with van der Waals surface area (Å²) in [5.74, 6) is -0.148. The number of carbonyl (C=O) groups excluding carboxylic acids is 1. The molecule has 1 aliphatic rings. The van der Waals surface area contributed by atoms with Crippen LogP contribution in [0.5, 0.6) is 0 Å². The minimum absolute atomic E-state index is 0.00768. The first-order valence-electron chi connectivity index (χ1n) is 8.88. The average Bonchev–Trinajstić information content (AvgIpc) is 3.12. The zero-order valence-electron chi connectivity index (χ0n) is 14.9. The highest BCUT2D eigenvalue weighted by Gasteiger charge is 2.26. The number of thioether (sulfide) groups is 1. The van der Waals surface area contributed by atoms with Gasteiger partial charge in [0.25, 0.3) is 0 Å². The lowest BCUT2D eigenvalue weighted by Gasteiger charge is -2.31. The third kappa shape index (κ3) is 4.09. The maximum absolute atomic E-state index is 13.4. The molecule has 0 bridgehead atoms. The van der Waals surface area contributed by atoms with Crippen molar-refractivity contribution >= 4 is 50.0 Å². The Morgan fingerprint density at radius 1 is 1.22 bits per heavy atom. The molecule has 0 aliphatic carbocycles. The predicted octanol–water partition coefficient (Wildman–Crippen LogP) is 5.01. The highest BCUT2D eigenvalue weighted by Crippen LogP contribution is 2.32. The largest absolute Gasteiger partial charge is 0.348 e. The van der Waals surface area contributed by atoms with Gasteiger partial charge in [-0.25, -0.2) is 9.37 Å². The van der Waals surface area contributed by atoms with E-state index in [0.29, 0.717) is 0 Å². The number of hydrogen-bond donors (Lipinski definition) is 1. The summed E-state index contributed by atoms with van der Waals surface area (Å²) >= 11 is 3.19. The molecule has 1 amide bonds. The molecule has 0 radical (unpaired) electrons. The van der Waals surface area contributed by atoms with E-state index in [1.807, 2.05) is 30.5 Å². The number of rotatable bonds is 4. The summed E-state index contributed by atoms with van der Waals surface area (Å²) in [4.78, 5) is 20.5. The smallest absolute Gasteiger partial charge is 0.227 e. The molecular weight excluding hydrogens is 381 g/mol. The number of thiazole rings is 1. The molecule has 1 saturated heterocycles. The summed E-state index contributed by atoms with van der Waals surface area (Å²) in [6.07, 6.45) is 3.61. The number of amides is 1. The van der Waals surface area contributed by atoms with Crippen LogP contribution in [-0.2, 0) is 4.79 Å². The third-order valence-corrected chi connectivity index (χ3v) is 6.66. The van der Waals surface area contributed by atoms with E-state index in [4.69, 9.17) is 0 Å². The fourth-order valence-electron chi connectivity index (χ4n) is 3.27. The first-order valence-corrected chi connectivity index (χ1v) is 10.9. The van der Waals surface area contributed by atoms with Crippen molar-refractivity contribution in [1.29, 1.82) is 0 Å². The molecular formula is C20H20FN3OS2. The number of aromatic nitrogens is 1. The van der Waals surface area contributed by atoms with E-state index < -0.39 is 0 Å². The normalized spacial score (nSPS) is 15.3. The van der Waals surface area contributed by atoms with Crippen LogP contribution in [0.1, 0.15) is 12.8 Å². The Labute approximate surface area is 165 Å². The van der Waals surface area contributed by atoms with Gasteiger partial charge in [0.15, 0.2) is 5.13 Å². The summed E-state index contributed by atoms with van der Waals surface area (Å²) in [5.41, 5.74) is 1.67. The van der Waals surface area contributed by atoms with Gasteiger partial charge in [-0.3, -0.25) is 4.79 Å². The number of anilines is 2. The van der Waals surface area contributed by atoms with Crippen LogP contribution in [0.2, 0.25) is 0 Å². The van der Waals surface area contributed by atoms with Crippen molar-refractivity contribution in [1.82, 2.24) is 4.98 Å². The minimum Gasteiger partial charge on any atom is -0.348 e. The number of piperidine rings is 1. The van der Waals surface area contributed by atoms with Crippen LogP contribution in [0.3, 0.4) is 0 Å². The Balaban J connectivity index is 1.36. The number of halogens is 1. The molecule has 1 N–H and O–H groups in total. The first kappa shape index (κ1) is 18.3. The van der Waals surface area contributed by atoms with Gasteiger partial charge >= 0.3 is 0 Å². The molecule has 3 aromatic rings. The molecule has 0 atom stereocenters. The Hall–Kier alpha value is -2.12. The Kier molecular flexibility index (Phi) is 5.31. The maximum Gasteiger partial charge on any atom is 0.227 e. The monoisotopic (exact) mass is 401 g/mol. The van der Waals surface area contributed by atoms with Crippen molar-refractivity contribution in [3.63, 3.8) is 0 Å². The quantitative estimate of drug-likeness (QED) is 0.624. The van der Waals surface area contributed by atoms with Gasteiger partial charge in [0.2, 0.25) is 5.91 Å². The predicted molar refractivity (Wildman–Crippen MR) is 111 cm³/mol. The molecule has 0 spiro atoms. The zero-order chi connectivity index (χ0) is 18.8. The molecule has 0 unspecified atom stereocenters. The van der Waals surface area contributed by atoms with Crippen LogP contribution in [0.4, 0.5) is 15.2 Å². The highest BCUT2D eigenvalue weighted by molar-refractivity contribution is 7.98. The van der Waals surface area contributed by atoms with Gasteiger partial charge in [0, 0.05) is 29.6 Å². The van der Waals surface area contributed by atoms with Crippen LogP contribution >= 0.6 is 23.1 Å². The van der Waals surface area contributed by atoms with Gasteiger partial charge < -0.3 is 10.2 Å². The number of fused-ring (bicyclic) bond motifs is 1. The summed E-state index contributed by atoms with van der Waals surface area (Å²) in [6, 6.07) is 12.6. The molecule has 1 aromatic heterocycles. The second-order valence-corrected chi connectivity index (χ2v) is 8.48. The first-order chi connectivity index (χ1) is 13.1. The summed E-state index contributed by atoms with van der Waals surface area (Å²) in [7, 11) is 0. The number of hydrogen-bond acceptors (Lipinski definition) is 5. The van der Waals surface area contributed by atoms with Gasteiger partial charge in [0.1, 0.15) is 5.82 Å². The fraction of sp³-hybridized carbons (Fsp3) is 0.300. The third-order valence-electron chi connectivity index (χ3n) is 4.83. The van der Waals surface area contributed by atoms with Crippen molar-refractivity contribution in [3.05, 3.63) is 48.3 Å². The van der Waals surface area contributed by atoms with E-state index in [2.05, 4.69) is 15.2 Å². The number of benzene rings is 2. The van der Waals surface area contributed by atoms with Crippen molar-refractivity contribution in [3.8, 4) is 0 Å². The Morgan fingerprint density at radius 2 is 1.96 bits per heavy atom. The van der Waals surface area contributed by atoms with Crippen molar-refractivity contribution < 1.29 is 9.18 Å². The van der Waals surface area contributed by atoms with E-state index >= 15 is 0 Å². The molecule has 1 fully saturated rings. The van der Waals surface area contributed by atoms with E-state index in [-0.39, 0.29) is 17.6 Å².